The Balaban J connectivity index is 1.59. The molecule has 1 aliphatic heterocycles. The van der Waals surface area contributed by atoms with E-state index in [1.807, 2.05) is 6.92 Å². The number of likely N-dealkylation sites (tertiary alicyclic amines) is 1. The van der Waals surface area contributed by atoms with E-state index in [0.717, 1.165) is 31.6 Å². The fourth-order valence-corrected chi connectivity index (χ4v) is 4.73. The Labute approximate surface area is 183 Å². The minimum atomic E-state index is -3.75. The van der Waals surface area contributed by atoms with Crippen LogP contribution in [-0.2, 0) is 10.0 Å². The van der Waals surface area contributed by atoms with Gasteiger partial charge in [0.25, 0.3) is 15.9 Å². The second-order valence-corrected chi connectivity index (χ2v) is 9.71. The molecule has 0 aliphatic carbocycles. The van der Waals surface area contributed by atoms with E-state index < -0.39 is 10.0 Å². The molecule has 1 fully saturated rings. The number of hydrogen-bond donors (Lipinski definition) is 2. The molecule has 0 bridgehead atoms. The number of piperidine rings is 1. The molecule has 2 aromatic carbocycles. The van der Waals surface area contributed by atoms with E-state index in [9.17, 15) is 13.2 Å². The number of halogens is 1. The molecule has 30 heavy (non-hydrogen) atoms. The zero-order valence-corrected chi connectivity index (χ0v) is 18.7. The molecule has 162 valence electrons. The van der Waals surface area contributed by atoms with Gasteiger partial charge in [-0.25, -0.2) is 8.42 Å². The van der Waals surface area contributed by atoms with E-state index in [-0.39, 0.29) is 21.4 Å². The zero-order chi connectivity index (χ0) is 21.6. The number of hydrogen-bond acceptors (Lipinski definition) is 4. The molecule has 2 aromatic rings. The van der Waals surface area contributed by atoms with Gasteiger partial charge in [-0.3, -0.25) is 9.52 Å². The smallest absolute Gasteiger partial charge is 0.261 e. The van der Waals surface area contributed by atoms with Gasteiger partial charge in [-0.1, -0.05) is 35.7 Å². The summed E-state index contributed by atoms with van der Waals surface area (Å²) in [5.41, 5.74) is 1.51. The van der Waals surface area contributed by atoms with Gasteiger partial charge in [0, 0.05) is 12.2 Å². The fourth-order valence-electron chi connectivity index (χ4n) is 3.48. The number of carbonyl (C=O) groups excluding carboxylic acids is 1. The van der Waals surface area contributed by atoms with Crippen LogP contribution in [0.25, 0.3) is 0 Å². The summed E-state index contributed by atoms with van der Waals surface area (Å²) in [5, 5.41) is 3.16. The maximum absolute atomic E-state index is 12.6. The van der Waals surface area contributed by atoms with Crippen molar-refractivity contribution in [2.24, 2.45) is 0 Å². The lowest BCUT2D eigenvalue weighted by Gasteiger charge is -2.26. The Bertz CT molecular complexity index is 972. The highest BCUT2D eigenvalue weighted by molar-refractivity contribution is 7.92. The maximum Gasteiger partial charge on any atom is 0.261 e. The maximum atomic E-state index is 12.6. The summed E-state index contributed by atoms with van der Waals surface area (Å²) in [7, 11) is -3.75. The second kappa shape index (κ2) is 10.3. The van der Waals surface area contributed by atoms with Crippen LogP contribution in [0.3, 0.4) is 0 Å². The highest BCUT2D eigenvalue weighted by atomic mass is 35.5. The quantitative estimate of drug-likeness (QED) is 0.596. The van der Waals surface area contributed by atoms with Crippen LogP contribution in [0.15, 0.2) is 47.4 Å². The second-order valence-electron chi connectivity index (χ2n) is 7.62. The molecule has 6 nitrogen and oxygen atoms in total. The number of nitrogens with zero attached hydrogens (tertiary/aromatic N) is 1. The van der Waals surface area contributed by atoms with E-state index >= 15 is 0 Å². The van der Waals surface area contributed by atoms with E-state index in [1.165, 1.54) is 31.4 Å². The minimum Gasteiger partial charge on any atom is -0.352 e. The lowest BCUT2D eigenvalue weighted by Crippen LogP contribution is -2.33. The largest absolute Gasteiger partial charge is 0.352 e. The summed E-state index contributed by atoms with van der Waals surface area (Å²) in [4.78, 5) is 15.1. The number of carbonyl (C=O) groups is 1. The fraction of sp³-hybridized carbons (Fsp3) is 0.409. The van der Waals surface area contributed by atoms with Crippen LogP contribution in [-0.4, -0.2) is 45.4 Å². The van der Waals surface area contributed by atoms with Crippen LogP contribution in [0.5, 0.6) is 0 Å². The van der Waals surface area contributed by atoms with Gasteiger partial charge in [0.2, 0.25) is 0 Å². The molecule has 8 heteroatoms. The van der Waals surface area contributed by atoms with Crippen molar-refractivity contribution < 1.29 is 13.2 Å². The van der Waals surface area contributed by atoms with Gasteiger partial charge in [-0.05, 0) is 76.2 Å². The summed E-state index contributed by atoms with van der Waals surface area (Å²) in [6.07, 6.45) is 4.65. The monoisotopic (exact) mass is 449 g/mol. The molecular formula is C22H28ClN3O3S. The molecule has 1 amide bonds. The van der Waals surface area contributed by atoms with Gasteiger partial charge in [0.05, 0.1) is 15.5 Å². The summed E-state index contributed by atoms with van der Waals surface area (Å²) in [5.74, 6) is -0.310. The van der Waals surface area contributed by atoms with Crippen molar-refractivity contribution in [3.05, 3.63) is 58.6 Å². The lowest BCUT2D eigenvalue weighted by molar-refractivity contribution is 0.0951. The first-order chi connectivity index (χ1) is 14.3. The molecule has 0 spiro atoms. The van der Waals surface area contributed by atoms with Crippen LogP contribution in [0, 0.1) is 6.92 Å². The molecular weight excluding hydrogens is 422 g/mol. The third-order valence-corrected chi connectivity index (χ3v) is 6.91. The predicted molar refractivity (Wildman–Crippen MR) is 121 cm³/mol. The first-order valence-corrected chi connectivity index (χ1v) is 12.1. The summed E-state index contributed by atoms with van der Waals surface area (Å²) in [6.45, 7) is 5.65. The third-order valence-electron chi connectivity index (χ3n) is 5.18. The summed E-state index contributed by atoms with van der Waals surface area (Å²) in [6, 6.07) is 11.1. The highest BCUT2D eigenvalue weighted by Gasteiger charge is 2.17. The number of amides is 1. The first kappa shape index (κ1) is 22.6. The number of rotatable bonds is 8. The Hall–Kier alpha value is -2.09. The number of sulfonamides is 1. The zero-order valence-electron chi connectivity index (χ0n) is 17.2. The van der Waals surface area contributed by atoms with Crippen molar-refractivity contribution in [1.29, 1.82) is 0 Å². The Morgan fingerprint density at radius 3 is 2.47 bits per heavy atom. The normalized spacial score (nSPS) is 15.0. The van der Waals surface area contributed by atoms with E-state index in [1.54, 1.807) is 30.3 Å². The summed E-state index contributed by atoms with van der Waals surface area (Å²) < 4.78 is 27.7. The van der Waals surface area contributed by atoms with Crippen LogP contribution in [0.4, 0.5) is 5.69 Å². The van der Waals surface area contributed by atoms with Gasteiger partial charge in [0.1, 0.15) is 0 Å². The van der Waals surface area contributed by atoms with Crippen molar-refractivity contribution >= 4 is 33.2 Å². The van der Waals surface area contributed by atoms with Crippen molar-refractivity contribution in [1.82, 2.24) is 10.2 Å². The van der Waals surface area contributed by atoms with Crippen molar-refractivity contribution in [2.75, 3.05) is 30.9 Å². The van der Waals surface area contributed by atoms with Crippen LogP contribution in [0.1, 0.15) is 41.6 Å². The SMILES string of the molecule is Cc1ccc(S(=O)(=O)Nc2ccc(Cl)c(C(=O)NCCCN3CCCCC3)c2)cc1. The molecule has 1 aliphatic rings. The molecule has 2 N–H and O–H groups in total. The molecule has 0 saturated carbocycles. The molecule has 1 saturated heterocycles. The van der Waals surface area contributed by atoms with E-state index in [4.69, 9.17) is 11.6 Å². The van der Waals surface area contributed by atoms with E-state index in [0.29, 0.717) is 12.2 Å². The van der Waals surface area contributed by atoms with E-state index in [2.05, 4.69) is 14.9 Å². The van der Waals surface area contributed by atoms with Crippen molar-refractivity contribution in [2.45, 2.75) is 37.5 Å². The molecule has 3 rings (SSSR count). The Kier molecular flexibility index (Phi) is 7.75. The van der Waals surface area contributed by atoms with Gasteiger partial charge in [-0.15, -0.1) is 0 Å². The number of anilines is 1. The molecule has 0 unspecified atom stereocenters. The van der Waals surface area contributed by atoms with Gasteiger partial charge >= 0.3 is 0 Å². The number of benzene rings is 2. The minimum absolute atomic E-state index is 0.159. The predicted octanol–water partition coefficient (Wildman–Crippen LogP) is 4.06. The first-order valence-electron chi connectivity index (χ1n) is 10.2. The topological polar surface area (TPSA) is 78.5 Å². The number of nitrogens with one attached hydrogen (secondary N) is 2. The molecule has 0 aromatic heterocycles. The third kappa shape index (κ3) is 6.20. The van der Waals surface area contributed by atoms with Gasteiger partial charge in [-0.2, -0.15) is 0 Å². The van der Waals surface area contributed by atoms with Gasteiger partial charge < -0.3 is 10.2 Å². The summed E-state index contributed by atoms with van der Waals surface area (Å²) >= 11 is 6.18. The Morgan fingerprint density at radius 1 is 1.07 bits per heavy atom. The average Bonchev–Trinajstić information content (AvgIpc) is 2.73. The van der Waals surface area contributed by atoms with Gasteiger partial charge in [0.15, 0.2) is 0 Å². The molecule has 0 radical (unpaired) electrons. The molecule has 0 atom stereocenters. The van der Waals surface area contributed by atoms with Crippen LogP contribution in [0.2, 0.25) is 5.02 Å². The van der Waals surface area contributed by atoms with Crippen LogP contribution >= 0.6 is 11.6 Å². The standard InChI is InChI=1S/C22H28ClN3O3S/c1-17-6-9-19(10-7-17)30(28,29)25-18-8-11-21(23)20(16-18)22(27)24-12-5-15-26-13-3-2-4-14-26/h6-11,16,25H,2-5,12-15H2,1H3,(H,24,27). The van der Waals surface area contributed by atoms with Crippen molar-refractivity contribution in [3.63, 3.8) is 0 Å². The lowest BCUT2D eigenvalue weighted by atomic mass is 10.1. The van der Waals surface area contributed by atoms with Crippen LogP contribution < -0.4 is 10.0 Å². The number of aryl methyl sites for hydroxylation is 1. The molecule has 1 heterocycles. The highest BCUT2D eigenvalue weighted by Crippen LogP contribution is 2.23. The average molecular weight is 450 g/mol. The van der Waals surface area contributed by atoms with Crippen molar-refractivity contribution in [3.8, 4) is 0 Å². The Morgan fingerprint density at radius 2 is 1.77 bits per heavy atom.